The van der Waals surface area contributed by atoms with E-state index < -0.39 is 5.60 Å². The Bertz CT molecular complexity index is 690. The number of amides is 2. The summed E-state index contributed by atoms with van der Waals surface area (Å²) in [6.45, 7) is 11.6. The molecule has 5 aliphatic rings. The van der Waals surface area contributed by atoms with Crippen LogP contribution in [0.2, 0.25) is 0 Å². The van der Waals surface area contributed by atoms with Crippen LogP contribution in [-0.4, -0.2) is 95.7 Å². The van der Waals surface area contributed by atoms with Gasteiger partial charge in [0.1, 0.15) is 5.60 Å². The van der Waals surface area contributed by atoms with Gasteiger partial charge in [-0.25, -0.2) is 0 Å². The van der Waals surface area contributed by atoms with Crippen molar-refractivity contribution in [2.45, 2.75) is 44.1 Å². The van der Waals surface area contributed by atoms with E-state index in [1.807, 2.05) is 42.7 Å². The second-order valence-electron chi connectivity index (χ2n) is 9.54. The Morgan fingerprint density at radius 2 is 1.93 bits per heavy atom. The second-order valence-corrected chi connectivity index (χ2v) is 9.54. The van der Waals surface area contributed by atoms with Gasteiger partial charge in [0.2, 0.25) is 11.8 Å². The molecule has 4 saturated heterocycles. The molecule has 0 radical (unpaired) electrons. The normalized spacial score (nSPS) is 39.2. The summed E-state index contributed by atoms with van der Waals surface area (Å²) in [7, 11) is 0. The fraction of sp³-hybridized carbons (Fsp3) is 0.800. The van der Waals surface area contributed by atoms with Gasteiger partial charge in [-0.15, -0.1) is 0 Å². The third-order valence-electron chi connectivity index (χ3n) is 6.93. The van der Waals surface area contributed by atoms with Crippen LogP contribution in [0.5, 0.6) is 0 Å². The maximum Gasteiger partial charge on any atom is 0.230 e. The summed E-state index contributed by atoms with van der Waals surface area (Å²) in [5, 5.41) is 0. The molecule has 148 valence electrons. The number of hydrogen-bond acceptors (Lipinski definition) is 5. The van der Waals surface area contributed by atoms with Crippen LogP contribution in [0.4, 0.5) is 0 Å². The van der Waals surface area contributed by atoms with Crippen LogP contribution < -0.4 is 0 Å². The molecule has 1 spiro atoms. The predicted octanol–water partition coefficient (Wildman–Crippen LogP) is 0.110. The van der Waals surface area contributed by atoms with E-state index in [9.17, 15) is 9.59 Å². The van der Waals surface area contributed by atoms with Gasteiger partial charge in [0.25, 0.3) is 0 Å². The number of morpholine rings is 1. The van der Waals surface area contributed by atoms with Crippen molar-refractivity contribution in [1.29, 1.82) is 0 Å². The van der Waals surface area contributed by atoms with Crippen molar-refractivity contribution in [1.82, 2.24) is 14.7 Å². The average Bonchev–Trinajstić information content (AvgIpc) is 3.22. The molecule has 0 aromatic heterocycles. The van der Waals surface area contributed by atoms with Crippen molar-refractivity contribution in [2.75, 3.05) is 45.9 Å². The highest BCUT2D eigenvalue weighted by Crippen LogP contribution is 2.53. The fourth-order valence-electron chi connectivity index (χ4n) is 5.37. The first-order chi connectivity index (χ1) is 12.8. The molecule has 5 rings (SSSR count). The molecular formula is C20H29N3O4. The summed E-state index contributed by atoms with van der Waals surface area (Å²) in [6, 6.07) is 0.423. The first-order valence-corrected chi connectivity index (χ1v) is 10.1. The van der Waals surface area contributed by atoms with E-state index in [4.69, 9.17) is 9.47 Å². The standard InChI is InChI=1S/C20H29N3O4/c1-19(2,3)23-12-20-5-4-14(27-20)15(16(20)18(23)25)17(24)22-10-13(11-22)21-6-8-26-9-7-21/h4-5,13-16H,6-12H2,1-3H3/t14-,15-,16-,20-/m0/s1. The van der Waals surface area contributed by atoms with Crippen LogP contribution in [-0.2, 0) is 19.1 Å². The maximum absolute atomic E-state index is 13.3. The predicted molar refractivity (Wildman–Crippen MR) is 98.0 cm³/mol. The van der Waals surface area contributed by atoms with E-state index in [0.29, 0.717) is 12.6 Å². The van der Waals surface area contributed by atoms with Crippen molar-refractivity contribution >= 4 is 11.8 Å². The van der Waals surface area contributed by atoms with Crippen LogP contribution in [0.1, 0.15) is 20.8 Å². The molecule has 5 aliphatic heterocycles. The van der Waals surface area contributed by atoms with E-state index in [0.717, 1.165) is 39.4 Å². The van der Waals surface area contributed by atoms with Crippen molar-refractivity contribution in [2.24, 2.45) is 11.8 Å². The summed E-state index contributed by atoms with van der Waals surface area (Å²) in [4.78, 5) is 32.7. The molecule has 0 aromatic carbocycles. The minimum Gasteiger partial charge on any atom is -0.379 e. The summed E-state index contributed by atoms with van der Waals surface area (Å²) in [6.07, 6.45) is 3.77. The molecule has 0 aliphatic carbocycles. The van der Waals surface area contributed by atoms with Gasteiger partial charge in [-0.1, -0.05) is 12.2 Å². The van der Waals surface area contributed by atoms with Crippen LogP contribution in [0.25, 0.3) is 0 Å². The van der Waals surface area contributed by atoms with Crippen molar-refractivity contribution < 1.29 is 19.1 Å². The first-order valence-electron chi connectivity index (χ1n) is 10.1. The molecule has 0 unspecified atom stereocenters. The Morgan fingerprint density at radius 3 is 2.59 bits per heavy atom. The van der Waals surface area contributed by atoms with Crippen molar-refractivity contribution in [3.05, 3.63) is 12.2 Å². The van der Waals surface area contributed by atoms with E-state index >= 15 is 0 Å². The van der Waals surface area contributed by atoms with Gasteiger partial charge >= 0.3 is 0 Å². The Kier molecular flexibility index (Phi) is 3.78. The summed E-state index contributed by atoms with van der Waals surface area (Å²) in [5.74, 6) is -0.593. The molecule has 2 bridgehead atoms. The molecule has 7 heteroatoms. The van der Waals surface area contributed by atoms with Gasteiger partial charge < -0.3 is 19.3 Å². The van der Waals surface area contributed by atoms with Crippen LogP contribution >= 0.6 is 0 Å². The molecule has 7 nitrogen and oxygen atoms in total. The van der Waals surface area contributed by atoms with E-state index in [-0.39, 0.29) is 35.3 Å². The van der Waals surface area contributed by atoms with Gasteiger partial charge in [-0.3, -0.25) is 14.5 Å². The molecule has 0 N–H and O–H groups in total. The lowest BCUT2D eigenvalue weighted by molar-refractivity contribution is -0.151. The lowest BCUT2D eigenvalue weighted by Gasteiger charge is -2.47. The lowest BCUT2D eigenvalue weighted by atomic mass is 9.76. The highest BCUT2D eigenvalue weighted by molar-refractivity contribution is 5.93. The summed E-state index contributed by atoms with van der Waals surface area (Å²) in [5.41, 5.74) is -0.874. The molecule has 4 atom stereocenters. The third kappa shape index (κ3) is 2.51. The number of hydrogen-bond donors (Lipinski definition) is 0. The minimum absolute atomic E-state index is 0.0675. The van der Waals surface area contributed by atoms with Gasteiger partial charge in [-0.05, 0) is 20.8 Å². The molecule has 2 amide bonds. The number of carbonyl (C=O) groups excluding carboxylic acids is 2. The Morgan fingerprint density at radius 1 is 1.22 bits per heavy atom. The first kappa shape index (κ1) is 17.6. The smallest absolute Gasteiger partial charge is 0.230 e. The highest BCUT2D eigenvalue weighted by Gasteiger charge is 2.68. The molecule has 27 heavy (non-hydrogen) atoms. The van der Waals surface area contributed by atoms with Crippen LogP contribution in [0.3, 0.4) is 0 Å². The minimum atomic E-state index is -0.607. The van der Waals surface area contributed by atoms with Crippen LogP contribution in [0.15, 0.2) is 12.2 Å². The molecular weight excluding hydrogens is 346 g/mol. The number of nitrogens with zero attached hydrogens (tertiary/aromatic N) is 3. The average molecular weight is 375 g/mol. The third-order valence-corrected chi connectivity index (χ3v) is 6.93. The Balaban J connectivity index is 1.31. The molecule has 5 heterocycles. The zero-order valence-corrected chi connectivity index (χ0v) is 16.4. The van der Waals surface area contributed by atoms with Gasteiger partial charge in [0.05, 0.1) is 37.7 Å². The van der Waals surface area contributed by atoms with E-state index in [1.165, 1.54) is 0 Å². The zero-order chi connectivity index (χ0) is 19.0. The Labute approximate surface area is 160 Å². The van der Waals surface area contributed by atoms with Gasteiger partial charge in [-0.2, -0.15) is 0 Å². The SMILES string of the molecule is CC(C)(C)N1C[C@]23C=C[C@H](O2)[C@H](C(=O)N2CC(N4CCOCC4)C2)[C@H]3C1=O. The Hall–Kier alpha value is -1.44. The number of fused-ring (bicyclic) bond motifs is 1. The highest BCUT2D eigenvalue weighted by atomic mass is 16.5. The van der Waals surface area contributed by atoms with E-state index in [2.05, 4.69) is 4.90 Å². The monoisotopic (exact) mass is 375 g/mol. The molecule has 0 saturated carbocycles. The molecule has 4 fully saturated rings. The quantitative estimate of drug-likeness (QED) is 0.641. The van der Waals surface area contributed by atoms with E-state index in [1.54, 1.807) is 0 Å². The van der Waals surface area contributed by atoms with Gasteiger partial charge in [0, 0.05) is 37.8 Å². The largest absolute Gasteiger partial charge is 0.379 e. The summed E-state index contributed by atoms with van der Waals surface area (Å²) < 4.78 is 11.6. The number of rotatable bonds is 2. The van der Waals surface area contributed by atoms with Crippen molar-refractivity contribution in [3.63, 3.8) is 0 Å². The number of likely N-dealkylation sites (tertiary alicyclic amines) is 2. The van der Waals surface area contributed by atoms with Crippen molar-refractivity contribution in [3.8, 4) is 0 Å². The fourth-order valence-corrected chi connectivity index (χ4v) is 5.37. The lowest BCUT2D eigenvalue weighted by Crippen LogP contribution is -2.64. The molecule has 0 aromatic rings. The second kappa shape index (κ2) is 5.78. The number of ether oxygens (including phenoxy) is 2. The topological polar surface area (TPSA) is 62.3 Å². The summed E-state index contributed by atoms with van der Waals surface area (Å²) >= 11 is 0. The zero-order valence-electron chi connectivity index (χ0n) is 16.4. The van der Waals surface area contributed by atoms with Gasteiger partial charge in [0.15, 0.2) is 0 Å². The van der Waals surface area contributed by atoms with Crippen LogP contribution in [0, 0.1) is 11.8 Å². The maximum atomic E-state index is 13.3. The number of carbonyl (C=O) groups is 2.